The van der Waals surface area contributed by atoms with Gasteiger partial charge in [-0.05, 0) is 63.4 Å². The topological polar surface area (TPSA) is 73.8 Å². The SMILES string of the molecule is CCNC(=NCc1ccc(S(C)(=O)=O)c(C)c1)NCC(CC)N1CCCC1. The maximum Gasteiger partial charge on any atom is 0.191 e. The zero-order chi connectivity index (χ0) is 19.9. The maximum absolute atomic E-state index is 11.8. The Labute approximate surface area is 164 Å². The van der Waals surface area contributed by atoms with Crippen molar-refractivity contribution in [3.05, 3.63) is 29.3 Å². The van der Waals surface area contributed by atoms with Crippen molar-refractivity contribution in [2.45, 2.75) is 57.5 Å². The van der Waals surface area contributed by atoms with Gasteiger partial charge in [0.25, 0.3) is 0 Å². The molecule has 1 aliphatic heterocycles. The second-order valence-corrected chi connectivity index (χ2v) is 9.24. The summed E-state index contributed by atoms with van der Waals surface area (Å²) in [5.74, 6) is 0.806. The fourth-order valence-electron chi connectivity index (χ4n) is 3.59. The Balaban J connectivity index is 2.01. The molecule has 152 valence electrons. The first-order chi connectivity index (χ1) is 12.8. The minimum Gasteiger partial charge on any atom is -0.357 e. The number of benzene rings is 1. The fraction of sp³-hybridized carbons (Fsp3) is 0.650. The van der Waals surface area contributed by atoms with Gasteiger partial charge in [-0.2, -0.15) is 0 Å². The predicted octanol–water partition coefficient (Wildman–Crippen LogP) is 2.33. The summed E-state index contributed by atoms with van der Waals surface area (Å²) >= 11 is 0. The van der Waals surface area contributed by atoms with E-state index in [1.807, 2.05) is 19.1 Å². The highest BCUT2D eigenvalue weighted by Gasteiger charge is 2.20. The van der Waals surface area contributed by atoms with Crippen molar-refractivity contribution >= 4 is 15.8 Å². The van der Waals surface area contributed by atoms with Crippen LogP contribution in [0.4, 0.5) is 0 Å². The molecule has 0 spiro atoms. The average molecular weight is 395 g/mol. The Morgan fingerprint density at radius 2 is 1.93 bits per heavy atom. The lowest BCUT2D eigenvalue weighted by Gasteiger charge is -2.27. The normalized spacial score (nSPS) is 17.1. The predicted molar refractivity (Wildman–Crippen MR) is 112 cm³/mol. The highest BCUT2D eigenvalue weighted by Crippen LogP contribution is 2.17. The number of aryl methyl sites for hydroxylation is 1. The van der Waals surface area contributed by atoms with Gasteiger partial charge >= 0.3 is 0 Å². The van der Waals surface area contributed by atoms with Crippen molar-refractivity contribution < 1.29 is 8.42 Å². The molecule has 1 aromatic carbocycles. The van der Waals surface area contributed by atoms with E-state index in [2.05, 4.69) is 34.4 Å². The van der Waals surface area contributed by atoms with E-state index in [-0.39, 0.29) is 0 Å². The van der Waals surface area contributed by atoms with E-state index in [1.54, 1.807) is 6.07 Å². The number of aliphatic imine (C=N–C) groups is 1. The van der Waals surface area contributed by atoms with Gasteiger partial charge in [-0.3, -0.25) is 4.90 Å². The molecule has 1 unspecified atom stereocenters. The summed E-state index contributed by atoms with van der Waals surface area (Å²) in [6.07, 6.45) is 4.96. The van der Waals surface area contributed by atoms with E-state index in [0.29, 0.717) is 17.5 Å². The Hall–Kier alpha value is -1.60. The lowest BCUT2D eigenvalue weighted by molar-refractivity contribution is 0.236. The summed E-state index contributed by atoms with van der Waals surface area (Å²) in [7, 11) is -3.18. The van der Waals surface area contributed by atoms with Crippen LogP contribution in [0.25, 0.3) is 0 Å². The molecule has 2 N–H and O–H groups in total. The molecular weight excluding hydrogens is 360 g/mol. The number of hydrogen-bond donors (Lipinski definition) is 2. The molecule has 7 heteroatoms. The van der Waals surface area contributed by atoms with Crippen molar-refractivity contribution in [1.82, 2.24) is 15.5 Å². The quantitative estimate of drug-likeness (QED) is 0.523. The minimum absolute atomic E-state index is 0.386. The average Bonchev–Trinajstić information content (AvgIpc) is 3.13. The second-order valence-electron chi connectivity index (χ2n) is 7.25. The van der Waals surface area contributed by atoms with Gasteiger partial charge in [0.1, 0.15) is 0 Å². The van der Waals surface area contributed by atoms with Crippen LogP contribution in [0.15, 0.2) is 28.1 Å². The number of guanidine groups is 1. The van der Waals surface area contributed by atoms with Gasteiger partial charge in [0, 0.05) is 25.4 Å². The molecule has 0 saturated carbocycles. The molecule has 6 nitrogen and oxygen atoms in total. The van der Waals surface area contributed by atoms with Gasteiger partial charge in [0.2, 0.25) is 0 Å². The zero-order valence-corrected chi connectivity index (χ0v) is 17.9. The van der Waals surface area contributed by atoms with Crippen LogP contribution in [-0.4, -0.2) is 57.8 Å². The molecule has 0 aliphatic carbocycles. The van der Waals surface area contributed by atoms with E-state index in [1.165, 1.54) is 32.2 Å². The van der Waals surface area contributed by atoms with Crippen LogP contribution in [0, 0.1) is 6.92 Å². The molecule has 1 aromatic rings. The first-order valence-corrected chi connectivity index (χ1v) is 11.8. The maximum atomic E-state index is 11.8. The Kier molecular flexibility index (Phi) is 8.10. The van der Waals surface area contributed by atoms with Crippen molar-refractivity contribution in [3.8, 4) is 0 Å². The van der Waals surface area contributed by atoms with Crippen LogP contribution < -0.4 is 10.6 Å². The zero-order valence-electron chi connectivity index (χ0n) is 17.1. The molecule has 1 aliphatic rings. The van der Waals surface area contributed by atoms with Crippen LogP contribution in [0.1, 0.15) is 44.2 Å². The Bertz CT molecular complexity index is 740. The van der Waals surface area contributed by atoms with Crippen LogP contribution >= 0.6 is 0 Å². The van der Waals surface area contributed by atoms with Crippen molar-refractivity contribution in [1.29, 1.82) is 0 Å². The Morgan fingerprint density at radius 3 is 2.48 bits per heavy atom. The van der Waals surface area contributed by atoms with E-state index < -0.39 is 9.84 Å². The summed E-state index contributed by atoms with van der Waals surface area (Å²) in [6, 6.07) is 5.96. The molecular formula is C20H34N4O2S. The van der Waals surface area contributed by atoms with E-state index in [4.69, 9.17) is 0 Å². The number of nitrogens with one attached hydrogen (secondary N) is 2. The van der Waals surface area contributed by atoms with Crippen molar-refractivity contribution in [3.63, 3.8) is 0 Å². The molecule has 1 heterocycles. The summed E-state index contributed by atoms with van der Waals surface area (Å²) in [6.45, 7) is 10.7. The van der Waals surface area contributed by atoms with Crippen LogP contribution in [0.3, 0.4) is 0 Å². The summed E-state index contributed by atoms with van der Waals surface area (Å²) < 4.78 is 23.5. The van der Waals surface area contributed by atoms with Crippen LogP contribution in [0.5, 0.6) is 0 Å². The van der Waals surface area contributed by atoms with Gasteiger partial charge in [-0.1, -0.05) is 19.1 Å². The first-order valence-electron chi connectivity index (χ1n) is 9.91. The lowest BCUT2D eigenvalue weighted by Crippen LogP contribution is -2.46. The second kappa shape index (κ2) is 10.1. The largest absolute Gasteiger partial charge is 0.357 e. The molecule has 1 saturated heterocycles. The third kappa shape index (κ3) is 6.50. The smallest absolute Gasteiger partial charge is 0.191 e. The number of nitrogens with zero attached hydrogens (tertiary/aromatic N) is 2. The van der Waals surface area contributed by atoms with Gasteiger partial charge in [0.05, 0.1) is 11.4 Å². The molecule has 2 rings (SSSR count). The van der Waals surface area contributed by atoms with Crippen LogP contribution in [-0.2, 0) is 16.4 Å². The highest BCUT2D eigenvalue weighted by atomic mass is 32.2. The summed E-state index contributed by atoms with van der Waals surface area (Å²) in [4.78, 5) is 7.62. The van der Waals surface area contributed by atoms with E-state index >= 15 is 0 Å². The molecule has 0 aromatic heterocycles. The standard InChI is InChI=1S/C20H34N4O2S/c1-5-18(24-11-7-8-12-24)15-23-20(21-6-2)22-14-17-9-10-19(16(3)13-17)27(4,25)26/h9-10,13,18H,5-8,11-12,14-15H2,1-4H3,(H2,21,22,23). The van der Waals surface area contributed by atoms with Crippen molar-refractivity contribution in [2.24, 2.45) is 4.99 Å². The number of hydrogen-bond acceptors (Lipinski definition) is 4. The van der Waals surface area contributed by atoms with Gasteiger partial charge in [0.15, 0.2) is 15.8 Å². The number of rotatable bonds is 8. The first kappa shape index (κ1) is 21.7. The fourth-order valence-corrected chi connectivity index (χ4v) is 4.55. The molecule has 27 heavy (non-hydrogen) atoms. The lowest BCUT2D eigenvalue weighted by atomic mass is 10.1. The van der Waals surface area contributed by atoms with E-state index in [9.17, 15) is 8.42 Å². The molecule has 1 fully saturated rings. The summed E-state index contributed by atoms with van der Waals surface area (Å²) in [5, 5.41) is 6.77. The summed E-state index contributed by atoms with van der Waals surface area (Å²) in [5.41, 5.74) is 1.77. The monoisotopic (exact) mass is 394 g/mol. The third-order valence-electron chi connectivity index (χ3n) is 5.04. The number of sulfone groups is 1. The van der Waals surface area contributed by atoms with Crippen molar-refractivity contribution in [2.75, 3.05) is 32.4 Å². The number of likely N-dealkylation sites (tertiary alicyclic amines) is 1. The molecule has 0 bridgehead atoms. The molecule has 0 radical (unpaired) electrons. The highest BCUT2D eigenvalue weighted by molar-refractivity contribution is 7.90. The van der Waals surface area contributed by atoms with Gasteiger partial charge in [-0.15, -0.1) is 0 Å². The molecule has 1 atom stereocenters. The minimum atomic E-state index is -3.18. The third-order valence-corrected chi connectivity index (χ3v) is 6.29. The van der Waals surface area contributed by atoms with E-state index in [0.717, 1.165) is 36.6 Å². The van der Waals surface area contributed by atoms with Gasteiger partial charge < -0.3 is 10.6 Å². The molecule has 0 amide bonds. The van der Waals surface area contributed by atoms with Crippen LogP contribution in [0.2, 0.25) is 0 Å². The van der Waals surface area contributed by atoms with Gasteiger partial charge in [-0.25, -0.2) is 13.4 Å². The Morgan fingerprint density at radius 1 is 1.22 bits per heavy atom.